The lowest BCUT2D eigenvalue weighted by atomic mass is 10.00. The van der Waals surface area contributed by atoms with Crippen molar-refractivity contribution in [3.05, 3.63) is 39.9 Å². The minimum Gasteiger partial charge on any atom is -0.493 e. The van der Waals surface area contributed by atoms with Crippen LogP contribution in [-0.4, -0.2) is 38.9 Å². The van der Waals surface area contributed by atoms with Gasteiger partial charge in [0, 0.05) is 31.1 Å². The van der Waals surface area contributed by atoms with Crippen LogP contribution in [-0.2, 0) is 18.2 Å². The SMILES string of the molecule is Cc1cc2c(cc1Nc1ncc3c(n1)n(C(C)C1COC1)c(=O)n3C)CCO2. The topological polar surface area (TPSA) is 83.2 Å². The Morgan fingerprint density at radius 2 is 2.14 bits per heavy atom. The quantitative estimate of drug-likeness (QED) is 0.747. The van der Waals surface area contributed by atoms with E-state index in [0.717, 1.165) is 35.5 Å². The summed E-state index contributed by atoms with van der Waals surface area (Å²) in [6.45, 7) is 6.15. The van der Waals surface area contributed by atoms with Gasteiger partial charge in [-0.3, -0.25) is 9.13 Å². The molecule has 146 valence electrons. The van der Waals surface area contributed by atoms with Crippen LogP contribution in [0, 0.1) is 12.8 Å². The normalized spacial score (nSPS) is 17.2. The highest BCUT2D eigenvalue weighted by atomic mass is 16.5. The Hall–Kier alpha value is -2.87. The van der Waals surface area contributed by atoms with Crippen LogP contribution in [0.5, 0.6) is 5.75 Å². The van der Waals surface area contributed by atoms with Gasteiger partial charge in [-0.1, -0.05) is 0 Å². The zero-order chi connectivity index (χ0) is 19.4. The number of anilines is 2. The average molecular weight is 381 g/mol. The average Bonchev–Trinajstić information content (AvgIpc) is 3.16. The summed E-state index contributed by atoms with van der Waals surface area (Å²) in [5, 5.41) is 3.32. The van der Waals surface area contributed by atoms with Crippen molar-refractivity contribution in [2.75, 3.05) is 25.1 Å². The number of aromatic nitrogens is 4. The van der Waals surface area contributed by atoms with Gasteiger partial charge in [-0.15, -0.1) is 0 Å². The molecule has 28 heavy (non-hydrogen) atoms. The Morgan fingerprint density at radius 3 is 2.89 bits per heavy atom. The molecule has 1 saturated heterocycles. The number of ether oxygens (including phenoxy) is 2. The second-order valence-electron chi connectivity index (χ2n) is 7.65. The summed E-state index contributed by atoms with van der Waals surface area (Å²) in [5.74, 6) is 1.76. The molecule has 1 atom stereocenters. The second-order valence-corrected chi connectivity index (χ2v) is 7.65. The van der Waals surface area contributed by atoms with Crippen LogP contribution in [0.25, 0.3) is 11.2 Å². The molecule has 2 aliphatic rings. The van der Waals surface area contributed by atoms with Gasteiger partial charge in [-0.05, 0) is 37.1 Å². The van der Waals surface area contributed by atoms with Crippen molar-refractivity contribution >= 4 is 22.8 Å². The lowest BCUT2D eigenvalue weighted by Gasteiger charge is -2.31. The highest BCUT2D eigenvalue weighted by Gasteiger charge is 2.30. The highest BCUT2D eigenvalue weighted by Crippen LogP contribution is 2.32. The molecule has 1 fully saturated rings. The maximum Gasteiger partial charge on any atom is 0.330 e. The number of hydrogen-bond acceptors (Lipinski definition) is 6. The van der Waals surface area contributed by atoms with Gasteiger partial charge in [0.15, 0.2) is 5.65 Å². The van der Waals surface area contributed by atoms with Gasteiger partial charge in [0.05, 0.1) is 26.0 Å². The van der Waals surface area contributed by atoms with E-state index < -0.39 is 0 Å². The van der Waals surface area contributed by atoms with Crippen molar-refractivity contribution in [2.45, 2.75) is 26.3 Å². The number of rotatable bonds is 4. The van der Waals surface area contributed by atoms with Gasteiger partial charge < -0.3 is 14.8 Å². The molecule has 1 N–H and O–H groups in total. The molecule has 3 aromatic rings. The molecule has 8 heteroatoms. The highest BCUT2D eigenvalue weighted by molar-refractivity contribution is 5.73. The molecule has 2 aromatic heterocycles. The van der Waals surface area contributed by atoms with Crippen LogP contribution in [0.3, 0.4) is 0 Å². The van der Waals surface area contributed by atoms with Crippen LogP contribution in [0.2, 0.25) is 0 Å². The third kappa shape index (κ3) is 2.59. The molecule has 8 nitrogen and oxygen atoms in total. The summed E-state index contributed by atoms with van der Waals surface area (Å²) < 4.78 is 14.3. The fraction of sp³-hybridized carbons (Fsp3) is 0.450. The number of benzene rings is 1. The maximum atomic E-state index is 12.8. The van der Waals surface area contributed by atoms with Crippen molar-refractivity contribution < 1.29 is 9.47 Å². The Labute approximate surface area is 162 Å². The number of imidazole rings is 1. The monoisotopic (exact) mass is 381 g/mol. The molecule has 1 aromatic carbocycles. The van der Waals surface area contributed by atoms with E-state index in [1.807, 2.05) is 19.9 Å². The minimum absolute atomic E-state index is 0.0200. The lowest BCUT2D eigenvalue weighted by Crippen LogP contribution is -2.38. The van der Waals surface area contributed by atoms with Crippen molar-refractivity contribution in [1.82, 2.24) is 19.1 Å². The van der Waals surface area contributed by atoms with E-state index in [2.05, 4.69) is 16.4 Å². The van der Waals surface area contributed by atoms with Gasteiger partial charge in [0.25, 0.3) is 0 Å². The van der Waals surface area contributed by atoms with E-state index >= 15 is 0 Å². The van der Waals surface area contributed by atoms with Crippen molar-refractivity contribution in [1.29, 1.82) is 0 Å². The largest absolute Gasteiger partial charge is 0.493 e. The smallest absolute Gasteiger partial charge is 0.330 e. The summed E-state index contributed by atoms with van der Waals surface area (Å²) in [4.78, 5) is 21.9. The fourth-order valence-corrected chi connectivity index (χ4v) is 3.89. The number of nitrogens with zero attached hydrogens (tertiary/aromatic N) is 4. The van der Waals surface area contributed by atoms with Gasteiger partial charge in [0.1, 0.15) is 11.3 Å². The Balaban J connectivity index is 1.55. The lowest BCUT2D eigenvalue weighted by molar-refractivity contribution is -0.0535. The predicted molar refractivity (Wildman–Crippen MR) is 105 cm³/mol. The standard InChI is InChI=1S/C20H23N5O3/c1-11-6-17-13(4-5-28-17)7-15(11)22-19-21-8-16-18(23-19)25(20(26)24(16)3)12(2)14-9-27-10-14/h6-8,12,14H,4-5,9-10H2,1-3H3,(H,21,22,23). The molecule has 1 unspecified atom stereocenters. The minimum atomic E-state index is -0.0771. The van der Waals surface area contributed by atoms with E-state index in [1.54, 1.807) is 22.4 Å². The first-order chi connectivity index (χ1) is 13.5. The van der Waals surface area contributed by atoms with E-state index in [4.69, 9.17) is 14.5 Å². The predicted octanol–water partition coefficient (Wildman–Crippen LogP) is 2.32. The summed E-state index contributed by atoms with van der Waals surface area (Å²) >= 11 is 0. The first kappa shape index (κ1) is 17.2. The molecule has 2 aliphatic heterocycles. The Morgan fingerprint density at radius 1 is 1.32 bits per heavy atom. The number of aryl methyl sites for hydroxylation is 2. The van der Waals surface area contributed by atoms with Crippen LogP contribution in [0.15, 0.2) is 23.1 Å². The summed E-state index contributed by atoms with van der Waals surface area (Å²) in [7, 11) is 1.76. The Kier molecular flexibility index (Phi) is 3.90. The molecule has 0 saturated carbocycles. The number of nitrogens with one attached hydrogen (secondary N) is 1. The van der Waals surface area contributed by atoms with Crippen LogP contribution < -0.4 is 15.7 Å². The van der Waals surface area contributed by atoms with Crippen LogP contribution >= 0.6 is 0 Å². The molecular weight excluding hydrogens is 358 g/mol. The van der Waals surface area contributed by atoms with Crippen molar-refractivity contribution in [2.24, 2.45) is 13.0 Å². The summed E-state index contributed by atoms with van der Waals surface area (Å²) in [6, 6.07) is 4.16. The molecule has 0 aliphatic carbocycles. The van der Waals surface area contributed by atoms with Crippen molar-refractivity contribution in [3.63, 3.8) is 0 Å². The summed E-state index contributed by atoms with van der Waals surface area (Å²) in [5.41, 5.74) is 4.49. The van der Waals surface area contributed by atoms with E-state index in [-0.39, 0.29) is 11.7 Å². The molecular formula is C20H23N5O3. The molecule has 0 spiro atoms. The molecule has 0 radical (unpaired) electrons. The van der Waals surface area contributed by atoms with Gasteiger partial charge >= 0.3 is 5.69 Å². The third-order valence-corrected chi connectivity index (χ3v) is 5.87. The van der Waals surface area contributed by atoms with E-state index in [9.17, 15) is 4.79 Å². The van der Waals surface area contributed by atoms with E-state index in [1.165, 1.54) is 5.56 Å². The first-order valence-electron chi connectivity index (χ1n) is 9.58. The fourth-order valence-electron chi connectivity index (χ4n) is 3.89. The zero-order valence-corrected chi connectivity index (χ0v) is 16.2. The molecule has 5 rings (SSSR count). The molecule has 4 heterocycles. The first-order valence-corrected chi connectivity index (χ1v) is 9.58. The molecule has 0 amide bonds. The van der Waals surface area contributed by atoms with Gasteiger partial charge in [-0.25, -0.2) is 9.78 Å². The van der Waals surface area contributed by atoms with E-state index in [0.29, 0.717) is 30.7 Å². The van der Waals surface area contributed by atoms with Crippen molar-refractivity contribution in [3.8, 4) is 5.75 Å². The zero-order valence-electron chi connectivity index (χ0n) is 16.2. The number of fused-ring (bicyclic) bond motifs is 2. The molecule has 0 bridgehead atoms. The third-order valence-electron chi connectivity index (χ3n) is 5.87. The Bertz CT molecular complexity index is 1130. The van der Waals surface area contributed by atoms with Gasteiger partial charge in [0.2, 0.25) is 5.95 Å². The van der Waals surface area contributed by atoms with Crippen LogP contribution in [0.1, 0.15) is 24.1 Å². The van der Waals surface area contributed by atoms with Crippen LogP contribution in [0.4, 0.5) is 11.6 Å². The number of hydrogen-bond donors (Lipinski definition) is 1. The second kappa shape index (κ2) is 6.34. The maximum absolute atomic E-state index is 12.8. The van der Waals surface area contributed by atoms with Gasteiger partial charge in [-0.2, -0.15) is 4.98 Å². The summed E-state index contributed by atoms with van der Waals surface area (Å²) in [6.07, 6.45) is 2.61.